The second-order valence-electron chi connectivity index (χ2n) is 7.13. The molecular weight excluding hydrogens is 354 g/mol. The van der Waals surface area contributed by atoms with Crippen LogP contribution in [-0.4, -0.2) is 43.9 Å². The Morgan fingerprint density at radius 3 is 2.79 bits per heavy atom. The maximum absolute atomic E-state index is 13.1. The number of carbonyl (C=O) groups is 1. The van der Waals surface area contributed by atoms with Crippen LogP contribution in [0.25, 0.3) is 11.3 Å². The van der Waals surface area contributed by atoms with E-state index >= 15 is 0 Å². The van der Waals surface area contributed by atoms with E-state index in [0.717, 1.165) is 47.7 Å². The van der Waals surface area contributed by atoms with E-state index in [4.69, 9.17) is 4.74 Å². The Kier molecular flexibility index (Phi) is 4.90. The quantitative estimate of drug-likeness (QED) is 0.736. The average Bonchev–Trinajstić information content (AvgIpc) is 3.41. The molecule has 0 bridgehead atoms. The number of aromatic amines is 1. The van der Waals surface area contributed by atoms with Gasteiger partial charge in [-0.3, -0.25) is 14.6 Å². The lowest BCUT2D eigenvalue weighted by Crippen LogP contribution is -2.30. The third-order valence-electron chi connectivity index (χ3n) is 5.19. The Morgan fingerprint density at radius 1 is 1.32 bits per heavy atom. The monoisotopic (exact) mass is 379 g/mol. The molecule has 146 valence electrons. The van der Waals surface area contributed by atoms with E-state index in [-0.39, 0.29) is 11.9 Å². The Labute approximate surface area is 164 Å². The molecule has 0 aliphatic carbocycles. The number of H-pyrrole nitrogens is 1. The molecule has 1 saturated heterocycles. The minimum absolute atomic E-state index is 0.0170. The summed E-state index contributed by atoms with van der Waals surface area (Å²) in [5.41, 5.74) is 4.21. The third-order valence-corrected chi connectivity index (χ3v) is 5.19. The summed E-state index contributed by atoms with van der Waals surface area (Å²) in [6, 6.07) is 9.95. The van der Waals surface area contributed by atoms with Gasteiger partial charge in [0.15, 0.2) is 0 Å². The molecule has 7 heteroatoms. The van der Waals surface area contributed by atoms with Crippen LogP contribution < -0.4 is 4.74 Å². The van der Waals surface area contributed by atoms with Gasteiger partial charge in [0, 0.05) is 25.4 Å². The molecule has 3 heterocycles. The van der Waals surface area contributed by atoms with Gasteiger partial charge in [-0.2, -0.15) is 10.2 Å². The highest BCUT2D eigenvalue weighted by atomic mass is 16.5. The fourth-order valence-corrected chi connectivity index (χ4v) is 3.88. The van der Waals surface area contributed by atoms with Crippen molar-refractivity contribution in [3.63, 3.8) is 0 Å². The number of hydrogen-bond donors (Lipinski definition) is 1. The Bertz CT molecular complexity index is 973. The van der Waals surface area contributed by atoms with Crippen molar-refractivity contribution < 1.29 is 9.53 Å². The SMILES string of the molecule is CCOc1ccc([C@@H]2CCCN2C(=O)c2cc(-c3cn(C)nc3C)n[nH]2)cc1. The molecule has 1 N–H and O–H groups in total. The molecule has 7 nitrogen and oxygen atoms in total. The van der Waals surface area contributed by atoms with Gasteiger partial charge < -0.3 is 9.64 Å². The average molecular weight is 379 g/mol. The van der Waals surface area contributed by atoms with E-state index in [9.17, 15) is 4.79 Å². The van der Waals surface area contributed by atoms with Gasteiger partial charge >= 0.3 is 0 Å². The molecular formula is C21H25N5O2. The minimum Gasteiger partial charge on any atom is -0.494 e. The molecule has 1 fully saturated rings. The summed E-state index contributed by atoms with van der Waals surface area (Å²) in [6.45, 7) is 5.30. The van der Waals surface area contributed by atoms with Gasteiger partial charge in [-0.25, -0.2) is 0 Å². The lowest BCUT2D eigenvalue weighted by atomic mass is 10.0. The van der Waals surface area contributed by atoms with Crippen LogP contribution in [0.4, 0.5) is 0 Å². The first kappa shape index (κ1) is 18.3. The van der Waals surface area contributed by atoms with Gasteiger partial charge in [0.25, 0.3) is 5.91 Å². The van der Waals surface area contributed by atoms with E-state index in [1.54, 1.807) is 4.68 Å². The number of benzene rings is 1. The van der Waals surface area contributed by atoms with Crippen LogP contribution in [-0.2, 0) is 7.05 Å². The highest BCUT2D eigenvalue weighted by Crippen LogP contribution is 2.34. The zero-order chi connectivity index (χ0) is 19.7. The second-order valence-corrected chi connectivity index (χ2v) is 7.13. The molecule has 1 aromatic carbocycles. The highest BCUT2D eigenvalue weighted by Gasteiger charge is 2.31. The van der Waals surface area contributed by atoms with Gasteiger partial charge in [-0.05, 0) is 50.5 Å². The predicted octanol–water partition coefficient (Wildman–Crippen LogP) is 3.49. The zero-order valence-corrected chi connectivity index (χ0v) is 16.5. The van der Waals surface area contributed by atoms with Crippen LogP contribution in [0.15, 0.2) is 36.5 Å². The number of rotatable bonds is 5. The van der Waals surface area contributed by atoms with Crippen molar-refractivity contribution in [3.05, 3.63) is 53.5 Å². The summed E-state index contributed by atoms with van der Waals surface area (Å²) in [7, 11) is 1.88. The maximum atomic E-state index is 13.1. The molecule has 1 aliphatic heterocycles. The molecule has 3 aromatic rings. The van der Waals surface area contributed by atoms with Crippen molar-refractivity contribution in [2.24, 2.45) is 7.05 Å². The summed E-state index contributed by atoms with van der Waals surface area (Å²) in [4.78, 5) is 15.1. The lowest BCUT2D eigenvalue weighted by Gasteiger charge is -2.24. The van der Waals surface area contributed by atoms with Crippen molar-refractivity contribution in [1.82, 2.24) is 24.9 Å². The predicted molar refractivity (Wildman–Crippen MR) is 106 cm³/mol. The van der Waals surface area contributed by atoms with E-state index in [1.807, 2.05) is 50.2 Å². The highest BCUT2D eigenvalue weighted by molar-refractivity contribution is 5.94. The lowest BCUT2D eigenvalue weighted by molar-refractivity contribution is 0.0729. The summed E-state index contributed by atoms with van der Waals surface area (Å²) in [5.74, 6) is 0.837. The number of aryl methyl sites for hydroxylation is 2. The summed E-state index contributed by atoms with van der Waals surface area (Å²) >= 11 is 0. The summed E-state index contributed by atoms with van der Waals surface area (Å²) in [6.07, 6.45) is 3.87. The molecule has 1 atom stereocenters. The number of nitrogens with one attached hydrogen (secondary N) is 1. The standard InChI is InChI=1S/C21H25N5O2/c1-4-28-16-9-7-15(8-10-16)20-6-5-11-26(20)21(27)19-12-18(22-23-19)17-13-25(3)24-14(17)2/h7-10,12-13,20H,4-6,11H2,1-3H3,(H,22,23)/t20-/m0/s1. The summed E-state index contributed by atoms with van der Waals surface area (Å²) < 4.78 is 7.28. The second kappa shape index (κ2) is 7.50. The minimum atomic E-state index is -0.0170. The molecule has 2 aromatic heterocycles. The largest absolute Gasteiger partial charge is 0.494 e. The normalized spacial score (nSPS) is 16.5. The van der Waals surface area contributed by atoms with Crippen LogP contribution in [0.3, 0.4) is 0 Å². The van der Waals surface area contributed by atoms with Gasteiger partial charge in [-0.1, -0.05) is 12.1 Å². The number of hydrogen-bond acceptors (Lipinski definition) is 4. The first-order valence-electron chi connectivity index (χ1n) is 9.66. The van der Waals surface area contributed by atoms with Crippen LogP contribution >= 0.6 is 0 Å². The van der Waals surface area contributed by atoms with Crippen molar-refractivity contribution in [2.75, 3.05) is 13.2 Å². The number of amides is 1. The Morgan fingerprint density at radius 2 is 2.11 bits per heavy atom. The first-order valence-corrected chi connectivity index (χ1v) is 9.66. The van der Waals surface area contributed by atoms with Crippen LogP contribution in [0, 0.1) is 6.92 Å². The van der Waals surface area contributed by atoms with Gasteiger partial charge in [0.1, 0.15) is 11.4 Å². The van der Waals surface area contributed by atoms with Crippen LogP contribution in [0.2, 0.25) is 0 Å². The first-order chi connectivity index (χ1) is 13.6. The molecule has 0 unspecified atom stereocenters. The van der Waals surface area contributed by atoms with Crippen molar-refractivity contribution >= 4 is 5.91 Å². The molecule has 0 radical (unpaired) electrons. The van der Waals surface area contributed by atoms with Gasteiger partial charge in [-0.15, -0.1) is 0 Å². The fraction of sp³-hybridized carbons (Fsp3) is 0.381. The van der Waals surface area contributed by atoms with Crippen molar-refractivity contribution in [3.8, 4) is 17.0 Å². The molecule has 4 rings (SSSR count). The van der Waals surface area contributed by atoms with Crippen LogP contribution in [0.5, 0.6) is 5.75 Å². The van der Waals surface area contributed by atoms with E-state index in [1.165, 1.54) is 0 Å². The van der Waals surface area contributed by atoms with E-state index in [0.29, 0.717) is 12.3 Å². The molecule has 28 heavy (non-hydrogen) atoms. The summed E-state index contributed by atoms with van der Waals surface area (Å²) in [5, 5.41) is 11.6. The molecule has 0 saturated carbocycles. The number of likely N-dealkylation sites (tertiary alicyclic amines) is 1. The van der Waals surface area contributed by atoms with Crippen molar-refractivity contribution in [2.45, 2.75) is 32.7 Å². The fourth-order valence-electron chi connectivity index (χ4n) is 3.88. The van der Waals surface area contributed by atoms with Crippen molar-refractivity contribution in [1.29, 1.82) is 0 Å². The number of aromatic nitrogens is 4. The smallest absolute Gasteiger partial charge is 0.272 e. The van der Waals surface area contributed by atoms with E-state index in [2.05, 4.69) is 27.4 Å². The Balaban J connectivity index is 1.54. The van der Waals surface area contributed by atoms with E-state index < -0.39 is 0 Å². The number of carbonyl (C=O) groups excluding carboxylic acids is 1. The third kappa shape index (κ3) is 3.40. The molecule has 1 amide bonds. The number of nitrogens with zero attached hydrogens (tertiary/aromatic N) is 4. The van der Waals surface area contributed by atoms with Gasteiger partial charge in [0.05, 0.1) is 24.0 Å². The number of ether oxygens (including phenoxy) is 1. The maximum Gasteiger partial charge on any atom is 0.272 e. The topological polar surface area (TPSA) is 76.0 Å². The van der Waals surface area contributed by atoms with Crippen LogP contribution in [0.1, 0.15) is 47.6 Å². The molecule has 1 aliphatic rings. The zero-order valence-electron chi connectivity index (χ0n) is 16.5. The Hall–Kier alpha value is -3.09. The van der Waals surface area contributed by atoms with Gasteiger partial charge in [0.2, 0.25) is 0 Å². The molecule has 0 spiro atoms.